The highest BCUT2D eigenvalue weighted by molar-refractivity contribution is 7.98. The predicted octanol–water partition coefficient (Wildman–Crippen LogP) is 1.85. The Labute approximate surface area is 87.0 Å². The molecule has 0 amide bonds. The Hall–Kier alpha value is 0.270. The maximum absolute atomic E-state index is 5.49. The molecule has 0 spiro atoms. The second kappa shape index (κ2) is 10.4. The Balaban J connectivity index is 2.91. The number of rotatable bonds is 9. The van der Waals surface area contributed by atoms with Crippen molar-refractivity contribution < 1.29 is 0 Å². The molecular weight excluding hydrogens is 180 g/mol. The lowest BCUT2D eigenvalue weighted by molar-refractivity contribution is 0.526. The van der Waals surface area contributed by atoms with Gasteiger partial charge in [-0.15, -0.1) is 0 Å². The summed E-state index contributed by atoms with van der Waals surface area (Å²) in [6.07, 6.45) is 7.56. The van der Waals surface area contributed by atoms with Gasteiger partial charge in [-0.1, -0.05) is 12.8 Å². The van der Waals surface area contributed by atoms with E-state index in [1.807, 2.05) is 11.8 Å². The summed E-state index contributed by atoms with van der Waals surface area (Å²) in [4.78, 5) is 0. The Bertz CT molecular complexity index is 98.9. The molecule has 80 valence electrons. The summed E-state index contributed by atoms with van der Waals surface area (Å²) >= 11 is 1.94. The van der Waals surface area contributed by atoms with Crippen molar-refractivity contribution in [2.24, 2.45) is 5.73 Å². The molecule has 3 N–H and O–H groups in total. The van der Waals surface area contributed by atoms with Crippen molar-refractivity contribution in [3.05, 3.63) is 0 Å². The molecule has 0 aliphatic heterocycles. The number of nitrogens with one attached hydrogen (secondary N) is 1. The summed E-state index contributed by atoms with van der Waals surface area (Å²) < 4.78 is 0. The zero-order valence-corrected chi connectivity index (χ0v) is 9.83. The van der Waals surface area contributed by atoms with Gasteiger partial charge in [0.2, 0.25) is 0 Å². The molecule has 0 bridgehead atoms. The monoisotopic (exact) mass is 204 g/mol. The van der Waals surface area contributed by atoms with Crippen LogP contribution in [0.4, 0.5) is 0 Å². The summed E-state index contributed by atoms with van der Waals surface area (Å²) in [6, 6.07) is 0.478. The zero-order chi connectivity index (χ0) is 9.94. The minimum atomic E-state index is 0.478. The molecule has 0 aromatic rings. The summed E-state index contributed by atoms with van der Waals surface area (Å²) in [5.41, 5.74) is 5.49. The molecule has 0 saturated carbocycles. The lowest BCUT2D eigenvalue weighted by atomic mass is 10.2. The van der Waals surface area contributed by atoms with E-state index in [2.05, 4.69) is 18.5 Å². The first-order chi connectivity index (χ1) is 6.31. The van der Waals surface area contributed by atoms with Crippen LogP contribution in [0.5, 0.6) is 0 Å². The topological polar surface area (TPSA) is 38.0 Å². The van der Waals surface area contributed by atoms with Gasteiger partial charge in [0.05, 0.1) is 0 Å². The van der Waals surface area contributed by atoms with E-state index in [4.69, 9.17) is 5.73 Å². The third kappa shape index (κ3) is 10.2. The van der Waals surface area contributed by atoms with E-state index in [-0.39, 0.29) is 0 Å². The number of hydrogen-bond donors (Lipinski definition) is 2. The highest BCUT2D eigenvalue weighted by Gasteiger charge is 1.95. The van der Waals surface area contributed by atoms with E-state index < -0.39 is 0 Å². The average molecular weight is 204 g/mol. The first kappa shape index (κ1) is 13.3. The molecule has 0 fully saturated rings. The smallest absolute Gasteiger partial charge is 0.0161 e. The van der Waals surface area contributed by atoms with Gasteiger partial charge in [-0.05, 0) is 38.3 Å². The molecule has 1 atom stereocenters. The van der Waals surface area contributed by atoms with Crippen LogP contribution < -0.4 is 11.1 Å². The molecule has 0 aliphatic carbocycles. The quantitative estimate of drug-likeness (QED) is 0.563. The van der Waals surface area contributed by atoms with E-state index in [9.17, 15) is 0 Å². The summed E-state index contributed by atoms with van der Waals surface area (Å²) in [5, 5.41) is 3.39. The van der Waals surface area contributed by atoms with Crippen LogP contribution >= 0.6 is 11.8 Å². The second-order valence-corrected chi connectivity index (χ2v) is 4.48. The van der Waals surface area contributed by atoms with Crippen molar-refractivity contribution in [1.29, 1.82) is 0 Å². The van der Waals surface area contributed by atoms with Gasteiger partial charge in [0.15, 0.2) is 0 Å². The lowest BCUT2D eigenvalue weighted by Gasteiger charge is -2.10. The van der Waals surface area contributed by atoms with Crippen LogP contribution in [0.2, 0.25) is 0 Å². The van der Waals surface area contributed by atoms with Gasteiger partial charge in [-0.3, -0.25) is 0 Å². The number of hydrogen-bond acceptors (Lipinski definition) is 3. The van der Waals surface area contributed by atoms with Crippen molar-refractivity contribution in [3.63, 3.8) is 0 Å². The van der Waals surface area contributed by atoms with E-state index in [0.29, 0.717) is 6.04 Å². The van der Waals surface area contributed by atoms with Gasteiger partial charge in [0, 0.05) is 12.6 Å². The van der Waals surface area contributed by atoms with Crippen LogP contribution in [-0.4, -0.2) is 31.1 Å². The van der Waals surface area contributed by atoms with Crippen LogP contribution in [0.1, 0.15) is 32.6 Å². The summed E-state index contributed by atoms with van der Waals surface area (Å²) in [7, 11) is 0. The normalized spacial score (nSPS) is 13.2. The fourth-order valence-electron chi connectivity index (χ4n) is 1.16. The third-order valence-electron chi connectivity index (χ3n) is 2.12. The molecule has 2 nitrogen and oxygen atoms in total. The number of thioether (sulfide) groups is 1. The standard InChI is InChI=1S/C10H24N2S/c1-10(9-11)12-7-5-3-4-6-8-13-2/h10,12H,3-9,11H2,1-2H3. The van der Waals surface area contributed by atoms with Crippen LogP contribution in [0.15, 0.2) is 0 Å². The molecule has 0 aromatic carbocycles. The predicted molar refractivity (Wildman–Crippen MR) is 63.4 cm³/mol. The Morgan fingerprint density at radius 3 is 2.54 bits per heavy atom. The average Bonchev–Trinajstić information content (AvgIpc) is 2.16. The van der Waals surface area contributed by atoms with Crippen molar-refractivity contribution in [2.75, 3.05) is 25.1 Å². The lowest BCUT2D eigenvalue weighted by Crippen LogP contribution is -2.33. The second-order valence-electron chi connectivity index (χ2n) is 3.50. The molecule has 0 rings (SSSR count). The molecule has 0 aliphatic rings. The van der Waals surface area contributed by atoms with Crippen molar-refractivity contribution >= 4 is 11.8 Å². The zero-order valence-electron chi connectivity index (χ0n) is 9.01. The van der Waals surface area contributed by atoms with Gasteiger partial charge in [-0.25, -0.2) is 0 Å². The van der Waals surface area contributed by atoms with E-state index in [1.54, 1.807) is 0 Å². The van der Waals surface area contributed by atoms with Crippen molar-refractivity contribution in [3.8, 4) is 0 Å². The van der Waals surface area contributed by atoms with E-state index >= 15 is 0 Å². The SMILES string of the molecule is CSCCCCCCNC(C)CN. The highest BCUT2D eigenvalue weighted by Crippen LogP contribution is 2.03. The molecule has 0 saturated heterocycles. The van der Waals surface area contributed by atoms with Gasteiger partial charge >= 0.3 is 0 Å². The first-order valence-electron chi connectivity index (χ1n) is 5.23. The molecular formula is C10H24N2S. The van der Waals surface area contributed by atoms with Crippen LogP contribution in [0.25, 0.3) is 0 Å². The van der Waals surface area contributed by atoms with Gasteiger partial charge < -0.3 is 11.1 Å². The Kier molecular flexibility index (Phi) is 10.6. The van der Waals surface area contributed by atoms with Crippen LogP contribution in [0.3, 0.4) is 0 Å². The summed E-state index contributed by atoms with van der Waals surface area (Å²) in [6.45, 7) is 4.00. The van der Waals surface area contributed by atoms with E-state index in [0.717, 1.165) is 13.1 Å². The van der Waals surface area contributed by atoms with Crippen molar-refractivity contribution in [2.45, 2.75) is 38.6 Å². The maximum atomic E-state index is 5.49. The molecule has 0 aromatic heterocycles. The third-order valence-corrected chi connectivity index (χ3v) is 2.82. The molecule has 1 unspecified atom stereocenters. The summed E-state index contributed by atoms with van der Waals surface area (Å²) in [5.74, 6) is 1.31. The first-order valence-corrected chi connectivity index (χ1v) is 6.63. The number of unbranched alkanes of at least 4 members (excludes halogenated alkanes) is 3. The van der Waals surface area contributed by atoms with Crippen LogP contribution in [-0.2, 0) is 0 Å². The molecule has 0 heterocycles. The minimum absolute atomic E-state index is 0.478. The van der Waals surface area contributed by atoms with Gasteiger partial charge in [0.1, 0.15) is 0 Å². The van der Waals surface area contributed by atoms with Gasteiger partial charge in [-0.2, -0.15) is 11.8 Å². The Morgan fingerprint density at radius 2 is 1.92 bits per heavy atom. The Morgan fingerprint density at radius 1 is 1.23 bits per heavy atom. The van der Waals surface area contributed by atoms with Crippen LogP contribution in [0, 0.1) is 0 Å². The van der Waals surface area contributed by atoms with E-state index in [1.165, 1.54) is 31.4 Å². The van der Waals surface area contributed by atoms with Gasteiger partial charge in [0.25, 0.3) is 0 Å². The largest absolute Gasteiger partial charge is 0.329 e. The maximum Gasteiger partial charge on any atom is 0.0161 e. The number of nitrogens with two attached hydrogens (primary N) is 1. The fraction of sp³-hybridized carbons (Fsp3) is 1.00. The molecule has 13 heavy (non-hydrogen) atoms. The van der Waals surface area contributed by atoms with Crippen molar-refractivity contribution in [1.82, 2.24) is 5.32 Å². The minimum Gasteiger partial charge on any atom is -0.329 e. The molecule has 0 radical (unpaired) electrons. The molecule has 3 heteroatoms. The fourth-order valence-corrected chi connectivity index (χ4v) is 1.65. The highest BCUT2D eigenvalue weighted by atomic mass is 32.2.